The molecule has 0 unspecified atom stereocenters. The first-order valence-electron chi connectivity index (χ1n) is 14.1. The lowest BCUT2D eigenvalue weighted by Gasteiger charge is -2.18. The van der Waals surface area contributed by atoms with E-state index in [4.69, 9.17) is 35.5 Å². The van der Waals surface area contributed by atoms with E-state index in [0.717, 1.165) is 22.4 Å². The molecule has 0 bridgehead atoms. The van der Waals surface area contributed by atoms with E-state index in [2.05, 4.69) is 18.9 Å². The number of methoxy groups -OCH3 is 1. The van der Waals surface area contributed by atoms with Crippen LogP contribution in [-0.2, 0) is 9.53 Å². The monoisotopic (exact) mass is 605 g/mol. The third-order valence-electron chi connectivity index (χ3n) is 6.76. The van der Waals surface area contributed by atoms with Crippen LogP contribution in [0.5, 0.6) is 17.2 Å². The number of halogens is 1. The number of carbonyl (C=O) groups is 1. The molecule has 0 saturated carbocycles. The first kappa shape index (κ1) is 31.6. The van der Waals surface area contributed by atoms with E-state index in [0.29, 0.717) is 41.3 Å². The summed E-state index contributed by atoms with van der Waals surface area (Å²) in [5, 5.41) is 5.25. The van der Waals surface area contributed by atoms with Crippen molar-refractivity contribution in [2.24, 2.45) is 5.10 Å². The van der Waals surface area contributed by atoms with Crippen LogP contribution in [0.15, 0.2) is 58.4 Å². The van der Waals surface area contributed by atoms with Gasteiger partial charge in [-0.15, -0.1) is 0 Å². The van der Waals surface area contributed by atoms with E-state index in [9.17, 15) is 9.59 Å². The van der Waals surface area contributed by atoms with Gasteiger partial charge in [0.2, 0.25) is 0 Å². The van der Waals surface area contributed by atoms with Crippen molar-refractivity contribution in [1.29, 1.82) is 0 Å². The second-order valence-electron chi connectivity index (χ2n) is 10.2. The van der Waals surface area contributed by atoms with Gasteiger partial charge in [-0.25, -0.2) is 9.78 Å². The fourth-order valence-corrected chi connectivity index (χ4v) is 4.89. The van der Waals surface area contributed by atoms with E-state index < -0.39 is 12.1 Å². The van der Waals surface area contributed by atoms with Crippen LogP contribution in [0.4, 0.5) is 0 Å². The highest BCUT2D eigenvalue weighted by atomic mass is 35.5. The molecule has 0 radical (unpaired) electrons. The van der Waals surface area contributed by atoms with Crippen molar-refractivity contribution in [1.82, 2.24) is 9.66 Å². The lowest BCUT2D eigenvalue weighted by atomic mass is 9.96. The second-order valence-corrected chi connectivity index (χ2v) is 10.6. The summed E-state index contributed by atoms with van der Waals surface area (Å²) in [6.45, 7) is 12.3. The summed E-state index contributed by atoms with van der Waals surface area (Å²) in [6, 6.07) is 14.5. The fraction of sp³-hybridized carbons (Fsp3) is 0.333. The minimum atomic E-state index is -0.904. The summed E-state index contributed by atoms with van der Waals surface area (Å²) in [6.07, 6.45) is 0.607. The van der Waals surface area contributed by atoms with Gasteiger partial charge >= 0.3 is 5.97 Å². The summed E-state index contributed by atoms with van der Waals surface area (Å²) in [5.74, 6) is 1.34. The number of ether oxygens (including phenoxy) is 4. The number of nitrogens with zero attached hydrogens (tertiary/aromatic N) is 3. The Labute approximate surface area is 256 Å². The highest BCUT2D eigenvalue weighted by Gasteiger charge is 2.21. The number of fused-ring (bicyclic) bond motifs is 1. The third-order valence-corrected chi connectivity index (χ3v) is 7.04. The Morgan fingerprint density at radius 3 is 2.42 bits per heavy atom. The van der Waals surface area contributed by atoms with Gasteiger partial charge in [0.05, 0.1) is 42.5 Å². The molecule has 43 heavy (non-hydrogen) atoms. The number of hydrogen-bond acceptors (Lipinski definition) is 8. The van der Waals surface area contributed by atoms with Crippen molar-refractivity contribution in [3.63, 3.8) is 0 Å². The molecule has 0 aliphatic carbocycles. The molecule has 9 nitrogen and oxygen atoms in total. The molecule has 0 aliphatic heterocycles. The van der Waals surface area contributed by atoms with Gasteiger partial charge in [-0.1, -0.05) is 37.6 Å². The lowest BCUT2D eigenvalue weighted by Crippen LogP contribution is -2.25. The maximum Gasteiger partial charge on any atom is 0.346 e. The third kappa shape index (κ3) is 6.83. The number of para-hydroxylation sites is 1. The Morgan fingerprint density at radius 1 is 1.05 bits per heavy atom. The normalized spacial score (nSPS) is 12.1. The van der Waals surface area contributed by atoms with Crippen molar-refractivity contribution < 1.29 is 23.7 Å². The Morgan fingerprint density at radius 2 is 1.74 bits per heavy atom. The zero-order valence-corrected chi connectivity index (χ0v) is 26.2. The Hall–Kier alpha value is -4.37. The van der Waals surface area contributed by atoms with Crippen LogP contribution in [0.25, 0.3) is 22.3 Å². The fourth-order valence-electron chi connectivity index (χ4n) is 4.63. The highest BCUT2D eigenvalue weighted by molar-refractivity contribution is 6.32. The number of esters is 1. The number of rotatable bonds is 11. The Bertz CT molecular complexity index is 1730. The molecule has 1 atom stereocenters. The zero-order valence-electron chi connectivity index (χ0n) is 25.4. The van der Waals surface area contributed by atoms with E-state index in [1.807, 2.05) is 45.0 Å². The predicted molar refractivity (Wildman–Crippen MR) is 169 cm³/mol. The highest BCUT2D eigenvalue weighted by Crippen LogP contribution is 2.38. The molecule has 1 heterocycles. The number of benzene rings is 3. The molecular formula is C33H36ClN3O6. The minimum Gasteiger partial charge on any atom is -0.494 e. The quantitative estimate of drug-likeness (QED) is 0.137. The molecule has 226 valence electrons. The smallest absolute Gasteiger partial charge is 0.346 e. The molecule has 3 aromatic carbocycles. The van der Waals surface area contributed by atoms with Crippen LogP contribution in [0.3, 0.4) is 0 Å². The van der Waals surface area contributed by atoms with Gasteiger partial charge in [0.15, 0.2) is 23.4 Å². The molecule has 0 fully saturated rings. The average Bonchev–Trinajstić information content (AvgIpc) is 2.98. The molecule has 0 spiro atoms. The maximum atomic E-state index is 13.8. The van der Waals surface area contributed by atoms with Crippen LogP contribution < -0.4 is 19.8 Å². The number of aromatic nitrogens is 2. The summed E-state index contributed by atoms with van der Waals surface area (Å²) in [4.78, 5) is 30.6. The molecule has 10 heteroatoms. The van der Waals surface area contributed by atoms with Gasteiger partial charge in [0.25, 0.3) is 5.56 Å². The average molecular weight is 606 g/mol. The molecule has 0 N–H and O–H groups in total. The number of aryl methyl sites for hydroxylation is 1. The van der Waals surface area contributed by atoms with Crippen LogP contribution in [-0.4, -0.2) is 48.3 Å². The summed E-state index contributed by atoms with van der Waals surface area (Å²) < 4.78 is 23.5. The molecule has 0 saturated heterocycles. The van der Waals surface area contributed by atoms with E-state index in [-0.39, 0.29) is 22.2 Å². The van der Waals surface area contributed by atoms with Gasteiger partial charge in [-0.05, 0) is 86.7 Å². The van der Waals surface area contributed by atoms with Crippen molar-refractivity contribution >= 4 is 34.7 Å². The van der Waals surface area contributed by atoms with Crippen LogP contribution in [0.2, 0.25) is 5.02 Å². The van der Waals surface area contributed by atoms with E-state index in [1.54, 1.807) is 31.2 Å². The largest absolute Gasteiger partial charge is 0.494 e. The maximum absolute atomic E-state index is 13.8. The topological polar surface area (TPSA) is 101 Å². The van der Waals surface area contributed by atoms with Crippen molar-refractivity contribution in [3.8, 4) is 28.6 Å². The zero-order chi connectivity index (χ0) is 31.3. The van der Waals surface area contributed by atoms with Crippen LogP contribution >= 0.6 is 11.6 Å². The van der Waals surface area contributed by atoms with E-state index >= 15 is 0 Å². The van der Waals surface area contributed by atoms with Gasteiger partial charge in [0, 0.05) is 5.56 Å². The number of carbonyl (C=O) groups excluding carboxylic acids is 1. The molecule has 4 rings (SSSR count). The van der Waals surface area contributed by atoms with E-state index in [1.165, 1.54) is 18.0 Å². The van der Waals surface area contributed by atoms with Crippen molar-refractivity contribution in [2.45, 2.75) is 53.6 Å². The predicted octanol–water partition coefficient (Wildman–Crippen LogP) is 6.77. The first-order chi connectivity index (χ1) is 20.6. The molecule has 0 amide bonds. The standard InChI is InChI=1S/C33H36ClN3O6/c1-8-41-28-14-20(5)25(17-24(28)19(3)4)31-36-27-13-11-10-12-23(27)32(38)37(31)35-18-22-15-26(34)30(29(16-22)42-9-2)43-21(6)33(39)40-7/h10-19,21H,8-9H2,1-7H3/t21-/m0/s1. The van der Waals surface area contributed by atoms with Crippen LogP contribution in [0, 0.1) is 6.92 Å². The summed E-state index contributed by atoms with van der Waals surface area (Å²) in [7, 11) is 1.28. The SMILES string of the molecule is CCOc1cc(C)c(-c2nc3ccccc3c(=O)n2N=Cc2cc(Cl)c(O[C@@H](C)C(=O)OC)c(OCC)c2)cc1C(C)C. The Balaban J connectivity index is 1.88. The van der Waals surface area contributed by atoms with Gasteiger partial charge in [-0.2, -0.15) is 9.78 Å². The second kappa shape index (κ2) is 13.7. The molecular weight excluding hydrogens is 570 g/mol. The van der Waals surface area contributed by atoms with Crippen molar-refractivity contribution in [3.05, 3.63) is 80.6 Å². The summed E-state index contributed by atoms with van der Waals surface area (Å²) >= 11 is 6.58. The number of hydrogen-bond donors (Lipinski definition) is 0. The van der Waals surface area contributed by atoms with Gasteiger partial charge in [0.1, 0.15) is 5.75 Å². The molecule has 1 aromatic heterocycles. The van der Waals surface area contributed by atoms with Gasteiger partial charge in [-0.3, -0.25) is 4.79 Å². The first-order valence-corrected chi connectivity index (χ1v) is 14.5. The molecule has 4 aromatic rings. The lowest BCUT2D eigenvalue weighted by molar-refractivity contribution is -0.147. The summed E-state index contributed by atoms with van der Waals surface area (Å²) in [5.41, 5.74) is 3.45. The Kier molecular flexibility index (Phi) is 10.1. The van der Waals surface area contributed by atoms with Crippen molar-refractivity contribution in [2.75, 3.05) is 20.3 Å². The van der Waals surface area contributed by atoms with Crippen LogP contribution in [0.1, 0.15) is 57.2 Å². The minimum absolute atomic E-state index is 0.173. The van der Waals surface area contributed by atoms with Gasteiger partial charge < -0.3 is 18.9 Å². The molecule has 0 aliphatic rings.